The summed E-state index contributed by atoms with van der Waals surface area (Å²) in [7, 11) is 3.51. The standard InChI is InChI=1S/C24H34N4O4.HI/c1-25-24(28-11-9-21(10-12-28)31-15-5-13-30-2)27-17-19-6-3-7-20(16-19)23(29)26-18-22-8-4-14-32-22;/h3-4,6-8,14,16,21H,5,9-13,15,17-18H2,1-2H3,(H,25,27)(H,26,29);1H. The highest BCUT2D eigenvalue weighted by Gasteiger charge is 2.21. The summed E-state index contributed by atoms with van der Waals surface area (Å²) in [6.07, 6.45) is 4.80. The Morgan fingerprint density at radius 1 is 1.15 bits per heavy atom. The van der Waals surface area contributed by atoms with E-state index in [1.165, 1.54) is 0 Å². The molecule has 182 valence electrons. The number of amides is 1. The number of guanidine groups is 1. The molecule has 1 aromatic heterocycles. The first-order chi connectivity index (χ1) is 15.7. The summed E-state index contributed by atoms with van der Waals surface area (Å²) in [5, 5.41) is 6.30. The van der Waals surface area contributed by atoms with Gasteiger partial charge in [-0.05, 0) is 49.1 Å². The molecule has 2 N–H and O–H groups in total. The molecule has 1 saturated heterocycles. The molecule has 0 spiro atoms. The highest BCUT2D eigenvalue weighted by Crippen LogP contribution is 2.14. The predicted molar refractivity (Wildman–Crippen MR) is 139 cm³/mol. The molecule has 3 rings (SSSR count). The third-order valence-electron chi connectivity index (χ3n) is 5.44. The lowest BCUT2D eigenvalue weighted by molar-refractivity contribution is 0.00989. The van der Waals surface area contributed by atoms with Crippen molar-refractivity contribution in [3.63, 3.8) is 0 Å². The van der Waals surface area contributed by atoms with Crippen LogP contribution in [0.3, 0.4) is 0 Å². The predicted octanol–water partition coefficient (Wildman–Crippen LogP) is 3.42. The van der Waals surface area contributed by atoms with Gasteiger partial charge < -0.3 is 29.4 Å². The number of methoxy groups -OCH3 is 1. The Morgan fingerprint density at radius 2 is 1.97 bits per heavy atom. The van der Waals surface area contributed by atoms with Gasteiger partial charge in [-0.25, -0.2) is 0 Å². The Hall–Kier alpha value is -2.11. The van der Waals surface area contributed by atoms with Gasteiger partial charge in [0.25, 0.3) is 5.91 Å². The Morgan fingerprint density at radius 3 is 2.67 bits per heavy atom. The van der Waals surface area contributed by atoms with Crippen LogP contribution in [0.5, 0.6) is 0 Å². The molecule has 0 atom stereocenters. The van der Waals surface area contributed by atoms with Crippen molar-refractivity contribution in [2.75, 3.05) is 40.5 Å². The summed E-state index contributed by atoms with van der Waals surface area (Å²) in [6.45, 7) is 4.26. The largest absolute Gasteiger partial charge is 0.467 e. The van der Waals surface area contributed by atoms with E-state index in [1.807, 2.05) is 30.3 Å². The summed E-state index contributed by atoms with van der Waals surface area (Å²) in [5.74, 6) is 1.47. The molecule has 8 nitrogen and oxygen atoms in total. The monoisotopic (exact) mass is 570 g/mol. The van der Waals surface area contributed by atoms with Crippen molar-refractivity contribution in [3.05, 3.63) is 59.5 Å². The highest BCUT2D eigenvalue weighted by molar-refractivity contribution is 14.0. The Kier molecular flexibility index (Phi) is 12.3. The van der Waals surface area contributed by atoms with E-state index >= 15 is 0 Å². The molecule has 0 bridgehead atoms. The lowest BCUT2D eigenvalue weighted by Gasteiger charge is -2.34. The van der Waals surface area contributed by atoms with Gasteiger partial charge in [-0.3, -0.25) is 9.79 Å². The number of halogens is 1. The number of ether oxygens (including phenoxy) is 2. The first-order valence-electron chi connectivity index (χ1n) is 11.1. The average molecular weight is 570 g/mol. The van der Waals surface area contributed by atoms with Crippen molar-refractivity contribution in [2.45, 2.75) is 38.5 Å². The summed E-state index contributed by atoms with van der Waals surface area (Å²) < 4.78 is 16.3. The number of nitrogens with one attached hydrogen (secondary N) is 2. The SMILES string of the molecule is CN=C(NCc1cccc(C(=O)NCc2ccco2)c1)N1CCC(OCCCOC)CC1.I. The van der Waals surface area contributed by atoms with Gasteiger partial charge in [-0.1, -0.05) is 12.1 Å². The van der Waals surface area contributed by atoms with Crippen molar-refractivity contribution in [3.8, 4) is 0 Å². The van der Waals surface area contributed by atoms with E-state index in [0.29, 0.717) is 24.8 Å². The molecule has 2 aromatic rings. The topological polar surface area (TPSA) is 88.3 Å². The molecule has 1 aliphatic heterocycles. The fourth-order valence-corrected chi connectivity index (χ4v) is 3.71. The number of nitrogens with zero attached hydrogens (tertiary/aromatic N) is 2. The smallest absolute Gasteiger partial charge is 0.251 e. The quantitative estimate of drug-likeness (QED) is 0.197. The van der Waals surface area contributed by atoms with Crippen LogP contribution >= 0.6 is 24.0 Å². The van der Waals surface area contributed by atoms with Crippen LogP contribution in [-0.2, 0) is 22.6 Å². The van der Waals surface area contributed by atoms with E-state index in [0.717, 1.165) is 62.8 Å². The number of rotatable bonds is 10. The van der Waals surface area contributed by atoms with Crippen LogP contribution in [0.25, 0.3) is 0 Å². The minimum Gasteiger partial charge on any atom is -0.467 e. The molecule has 1 aromatic carbocycles. The van der Waals surface area contributed by atoms with Crippen molar-refractivity contribution >= 4 is 35.8 Å². The molecule has 1 aliphatic rings. The van der Waals surface area contributed by atoms with E-state index in [-0.39, 0.29) is 29.9 Å². The molecule has 2 heterocycles. The van der Waals surface area contributed by atoms with Crippen LogP contribution in [0.15, 0.2) is 52.1 Å². The first-order valence-corrected chi connectivity index (χ1v) is 11.1. The van der Waals surface area contributed by atoms with Crippen LogP contribution in [0.1, 0.15) is 40.9 Å². The number of hydrogen-bond donors (Lipinski definition) is 2. The Balaban J connectivity index is 0.00000385. The minimum atomic E-state index is -0.125. The fourth-order valence-electron chi connectivity index (χ4n) is 3.71. The van der Waals surface area contributed by atoms with E-state index in [4.69, 9.17) is 13.9 Å². The van der Waals surface area contributed by atoms with E-state index in [1.54, 1.807) is 26.5 Å². The Bertz CT molecular complexity index is 852. The van der Waals surface area contributed by atoms with Gasteiger partial charge in [-0.2, -0.15) is 0 Å². The molecule has 0 radical (unpaired) electrons. The fraction of sp³-hybridized carbons (Fsp3) is 0.500. The second-order valence-electron chi connectivity index (χ2n) is 7.77. The van der Waals surface area contributed by atoms with Crippen LogP contribution in [0.2, 0.25) is 0 Å². The van der Waals surface area contributed by atoms with E-state index in [2.05, 4.69) is 20.5 Å². The lowest BCUT2D eigenvalue weighted by atomic mass is 10.1. The number of carbonyl (C=O) groups excluding carboxylic acids is 1. The third kappa shape index (κ3) is 8.98. The van der Waals surface area contributed by atoms with Crippen LogP contribution in [0.4, 0.5) is 0 Å². The zero-order chi connectivity index (χ0) is 22.6. The molecule has 1 fully saturated rings. The average Bonchev–Trinajstić information content (AvgIpc) is 3.35. The van der Waals surface area contributed by atoms with Gasteiger partial charge in [-0.15, -0.1) is 24.0 Å². The summed E-state index contributed by atoms with van der Waals surface area (Å²) in [4.78, 5) is 19.1. The van der Waals surface area contributed by atoms with Gasteiger partial charge in [0, 0.05) is 52.6 Å². The second kappa shape index (κ2) is 14.9. The summed E-state index contributed by atoms with van der Waals surface area (Å²) in [6, 6.07) is 11.3. The van der Waals surface area contributed by atoms with E-state index < -0.39 is 0 Å². The van der Waals surface area contributed by atoms with Gasteiger partial charge in [0.2, 0.25) is 0 Å². The maximum atomic E-state index is 12.5. The van der Waals surface area contributed by atoms with Crippen LogP contribution in [0, 0.1) is 0 Å². The molecule has 1 amide bonds. The number of piperidine rings is 1. The zero-order valence-corrected chi connectivity index (χ0v) is 21.7. The number of carbonyl (C=O) groups is 1. The van der Waals surface area contributed by atoms with Crippen molar-refractivity contribution in [2.24, 2.45) is 4.99 Å². The number of benzene rings is 1. The maximum Gasteiger partial charge on any atom is 0.251 e. The third-order valence-corrected chi connectivity index (χ3v) is 5.44. The molecular weight excluding hydrogens is 535 g/mol. The van der Waals surface area contributed by atoms with Crippen molar-refractivity contribution in [1.29, 1.82) is 0 Å². The number of furan rings is 1. The molecule has 33 heavy (non-hydrogen) atoms. The van der Waals surface area contributed by atoms with Gasteiger partial charge in [0.1, 0.15) is 5.76 Å². The van der Waals surface area contributed by atoms with Crippen LogP contribution < -0.4 is 10.6 Å². The molecular formula is C24H35IN4O4. The molecule has 0 unspecified atom stereocenters. The summed E-state index contributed by atoms with van der Waals surface area (Å²) in [5.41, 5.74) is 1.64. The van der Waals surface area contributed by atoms with Crippen LogP contribution in [-0.4, -0.2) is 63.3 Å². The first kappa shape index (κ1) is 27.1. The highest BCUT2D eigenvalue weighted by atomic mass is 127. The van der Waals surface area contributed by atoms with Gasteiger partial charge in [0.05, 0.1) is 18.9 Å². The minimum absolute atomic E-state index is 0. The van der Waals surface area contributed by atoms with Gasteiger partial charge >= 0.3 is 0 Å². The zero-order valence-electron chi connectivity index (χ0n) is 19.4. The number of likely N-dealkylation sites (tertiary alicyclic amines) is 1. The molecule has 0 aliphatic carbocycles. The van der Waals surface area contributed by atoms with E-state index in [9.17, 15) is 4.79 Å². The van der Waals surface area contributed by atoms with Crippen molar-refractivity contribution < 1.29 is 18.7 Å². The second-order valence-corrected chi connectivity index (χ2v) is 7.77. The number of aliphatic imine (C=N–C) groups is 1. The Labute approximate surface area is 213 Å². The van der Waals surface area contributed by atoms with Crippen molar-refractivity contribution in [1.82, 2.24) is 15.5 Å². The molecule has 9 heteroatoms. The summed E-state index contributed by atoms with van der Waals surface area (Å²) >= 11 is 0. The molecule has 0 saturated carbocycles. The number of hydrogen-bond acceptors (Lipinski definition) is 5. The van der Waals surface area contributed by atoms with Gasteiger partial charge in [0.15, 0.2) is 5.96 Å². The lowest BCUT2D eigenvalue weighted by Crippen LogP contribution is -2.46. The maximum absolute atomic E-state index is 12.5. The normalized spacial score (nSPS) is 14.6.